The van der Waals surface area contributed by atoms with Gasteiger partial charge in [0.2, 0.25) is 0 Å². The molecule has 1 saturated carbocycles. The summed E-state index contributed by atoms with van der Waals surface area (Å²) in [7, 11) is 0. The average molecular weight is 271 g/mol. The highest BCUT2D eigenvalue weighted by atomic mass is 15.2. The van der Waals surface area contributed by atoms with Crippen LogP contribution in [-0.4, -0.2) is 40.0 Å². The molecule has 1 N–H and O–H groups in total. The fourth-order valence-corrected chi connectivity index (χ4v) is 3.35. The van der Waals surface area contributed by atoms with E-state index in [0.29, 0.717) is 11.7 Å². The molecule has 5 nitrogen and oxygen atoms in total. The zero-order chi connectivity index (χ0) is 13.8. The highest BCUT2D eigenvalue weighted by molar-refractivity contribution is 5.34. The first-order chi connectivity index (χ1) is 9.85. The van der Waals surface area contributed by atoms with E-state index in [4.69, 9.17) is 5.26 Å². The number of nitrogens with one attached hydrogen (secondary N) is 1. The van der Waals surface area contributed by atoms with Gasteiger partial charge in [-0.1, -0.05) is 12.8 Å². The number of rotatable bonds is 3. The van der Waals surface area contributed by atoms with Crippen LogP contribution in [0.5, 0.6) is 0 Å². The van der Waals surface area contributed by atoms with Gasteiger partial charge in [0.05, 0.1) is 12.4 Å². The molecule has 1 aliphatic heterocycles. The van der Waals surface area contributed by atoms with Gasteiger partial charge in [-0.15, -0.1) is 0 Å². The van der Waals surface area contributed by atoms with Crippen molar-refractivity contribution in [1.82, 2.24) is 14.9 Å². The van der Waals surface area contributed by atoms with E-state index in [-0.39, 0.29) is 0 Å². The van der Waals surface area contributed by atoms with Crippen LogP contribution < -0.4 is 5.32 Å². The Bertz CT molecular complexity index is 464. The number of piperidine rings is 1. The van der Waals surface area contributed by atoms with E-state index in [1.807, 2.05) is 6.07 Å². The molecular weight excluding hydrogens is 250 g/mol. The van der Waals surface area contributed by atoms with E-state index in [9.17, 15) is 0 Å². The largest absolute Gasteiger partial charge is 0.366 e. The van der Waals surface area contributed by atoms with E-state index in [1.165, 1.54) is 45.0 Å². The van der Waals surface area contributed by atoms with Gasteiger partial charge in [-0.25, -0.2) is 9.97 Å². The number of nitriles is 1. The summed E-state index contributed by atoms with van der Waals surface area (Å²) >= 11 is 0. The van der Waals surface area contributed by atoms with Gasteiger partial charge in [-0.3, -0.25) is 0 Å². The summed E-state index contributed by atoms with van der Waals surface area (Å²) < 4.78 is 0. The Hall–Kier alpha value is -1.67. The molecule has 0 spiro atoms. The smallest absolute Gasteiger partial charge is 0.158 e. The van der Waals surface area contributed by atoms with E-state index in [0.717, 1.165) is 24.7 Å². The summed E-state index contributed by atoms with van der Waals surface area (Å²) in [5, 5.41) is 12.1. The Labute approximate surface area is 120 Å². The van der Waals surface area contributed by atoms with Crippen LogP contribution in [0.1, 0.15) is 44.2 Å². The van der Waals surface area contributed by atoms with E-state index < -0.39 is 0 Å². The van der Waals surface area contributed by atoms with Gasteiger partial charge in [0.15, 0.2) is 5.69 Å². The summed E-state index contributed by atoms with van der Waals surface area (Å²) in [4.78, 5) is 10.9. The van der Waals surface area contributed by atoms with Gasteiger partial charge in [-0.05, 0) is 25.7 Å². The number of aromatic nitrogens is 2. The van der Waals surface area contributed by atoms with Crippen molar-refractivity contribution in [3.63, 3.8) is 0 Å². The standard InChI is InChI=1S/C15H21N5/c16-9-13-10-18-15(11-17-13)19-12-5-7-20(8-6-12)14-3-1-2-4-14/h10-12,14H,1-8H2,(H,18,19). The number of hydrogen-bond donors (Lipinski definition) is 1. The molecule has 1 aromatic heterocycles. The molecule has 0 aromatic carbocycles. The van der Waals surface area contributed by atoms with Crippen molar-refractivity contribution in [1.29, 1.82) is 5.26 Å². The fraction of sp³-hybridized carbons (Fsp3) is 0.667. The predicted octanol–water partition coefficient (Wildman–Crippen LogP) is 2.17. The first-order valence-corrected chi connectivity index (χ1v) is 7.58. The number of nitrogens with zero attached hydrogens (tertiary/aromatic N) is 4. The minimum atomic E-state index is 0.367. The van der Waals surface area contributed by atoms with Crippen molar-refractivity contribution in [2.75, 3.05) is 18.4 Å². The topological polar surface area (TPSA) is 64.8 Å². The molecular formula is C15H21N5. The molecule has 0 bridgehead atoms. The first kappa shape index (κ1) is 13.3. The highest BCUT2D eigenvalue weighted by Crippen LogP contribution is 2.26. The molecule has 0 atom stereocenters. The lowest BCUT2D eigenvalue weighted by molar-refractivity contribution is 0.159. The summed E-state index contributed by atoms with van der Waals surface area (Å²) in [6.45, 7) is 2.37. The van der Waals surface area contributed by atoms with Gasteiger partial charge in [0.1, 0.15) is 11.9 Å². The lowest BCUT2D eigenvalue weighted by Gasteiger charge is -2.36. The van der Waals surface area contributed by atoms with E-state index in [1.54, 1.807) is 6.20 Å². The Morgan fingerprint density at radius 2 is 1.85 bits per heavy atom. The van der Waals surface area contributed by atoms with Gasteiger partial charge in [-0.2, -0.15) is 5.26 Å². The maximum atomic E-state index is 8.70. The first-order valence-electron chi connectivity index (χ1n) is 7.58. The summed E-state index contributed by atoms with van der Waals surface area (Å²) in [5.41, 5.74) is 0.367. The minimum Gasteiger partial charge on any atom is -0.366 e. The lowest BCUT2D eigenvalue weighted by atomic mass is 10.0. The quantitative estimate of drug-likeness (QED) is 0.912. The molecule has 0 unspecified atom stereocenters. The summed E-state index contributed by atoms with van der Waals surface area (Å²) in [6.07, 6.45) is 11.1. The van der Waals surface area contributed by atoms with Crippen LogP contribution in [0.15, 0.2) is 12.4 Å². The van der Waals surface area contributed by atoms with Crippen LogP contribution in [0, 0.1) is 11.3 Å². The highest BCUT2D eigenvalue weighted by Gasteiger charge is 2.27. The SMILES string of the molecule is N#Cc1cnc(NC2CCN(C3CCCC3)CC2)cn1. The molecule has 1 aliphatic carbocycles. The third-order valence-corrected chi connectivity index (χ3v) is 4.49. The Morgan fingerprint density at radius 3 is 2.45 bits per heavy atom. The third-order valence-electron chi connectivity index (χ3n) is 4.49. The average Bonchev–Trinajstić information content (AvgIpc) is 3.03. The molecule has 20 heavy (non-hydrogen) atoms. The lowest BCUT2D eigenvalue weighted by Crippen LogP contribution is -2.43. The molecule has 0 radical (unpaired) electrons. The van der Waals surface area contributed by atoms with E-state index >= 15 is 0 Å². The zero-order valence-electron chi connectivity index (χ0n) is 11.8. The maximum Gasteiger partial charge on any atom is 0.158 e. The number of hydrogen-bond acceptors (Lipinski definition) is 5. The van der Waals surface area contributed by atoms with Crippen molar-refractivity contribution >= 4 is 5.82 Å². The second-order valence-corrected chi connectivity index (χ2v) is 5.79. The normalized spacial score (nSPS) is 21.8. The van der Waals surface area contributed by atoms with Crippen LogP contribution in [0.4, 0.5) is 5.82 Å². The van der Waals surface area contributed by atoms with Crippen LogP contribution in [0.2, 0.25) is 0 Å². The second-order valence-electron chi connectivity index (χ2n) is 5.79. The number of anilines is 1. The monoisotopic (exact) mass is 271 g/mol. The van der Waals surface area contributed by atoms with Crippen molar-refractivity contribution < 1.29 is 0 Å². The van der Waals surface area contributed by atoms with Crippen molar-refractivity contribution in [3.8, 4) is 6.07 Å². The van der Waals surface area contributed by atoms with Crippen LogP contribution in [0.25, 0.3) is 0 Å². The van der Waals surface area contributed by atoms with Crippen molar-refractivity contribution in [2.45, 2.75) is 50.6 Å². The predicted molar refractivity (Wildman–Crippen MR) is 77.2 cm³/mol. The fourth-order valence-electron chi connectivity index (χ4n) is 3.35. The van der Waals surface area contributed by atoms with Gasteiger partial charge < -0.3 is 10.2 Å². The van der Waals surface area contributed by atoms with Gasteiger partial charge in [0.25, 0.3) is 0 Å². The molecule has 1 saturated heterocycles. The van der Waals surface area contributed by atoms with E-state index in [2.05, 4.69) is 20.2 Å². The van der Waals surface area contributed by atoms with Crippen LogP contribution in [0.3, 0.4) is 0 Å². The zero-order valence-corrected chi connectivity index (χ0v) is 11.8. The summed E-state index contributed by atoms with van der Waals surface area (Å²) in [6, 6.07) is 3.31. The molecule has 0 amide bonds. The molecule has 106 valence electrons. The molecule has 5 heteroatoms. The van der Waals surface area contributed by atoms with Crippen molar-refractivity contribution in [2.24, 2.45) is 0 Å². The third kappa shape index (κ3) is 3.07. The molecule has 1 aromatic rings. The minimum absolute atomic E-state index is 0.367. The Kier molecular flexibility index (Phi) is 4.12. The Balaban J connectivity index is 1.49. The summed E-state index contributed by atoms with van der Waals surface area (Å²) in [5.74, 6) is 0.781. The van der Waals surface area contributed by atoms with Crippen LogP contribution >= 0.6 is 0 Å². The molecule has 2 fully saturated rings. The molecule has 2 heterocycles. The second kappa shape index (κ2) is 6.19. The maximum absolute atomic E-state index is 8.70. The number of likely N-dealkylation sites (tertiary alicyclic amines) is 1. The van der Waals surface area contributed by atoms with Gasteiger partial charge >= 0.3 is 0 Å². The van der Waals surface area contributed by atoms with Crippen LogP contribution in [-0.2, 0) is 0 Å². The van der Waals surface area contributed by atoms with Gasteiger partial charge in [0, 0.05) is 25.2 Å². The Morgan fingerprint density at radius 1 is 1.10 bits per heavy atom. The van der Waals surface area contributed by atoms with Crippen molar-refractivity contribution in [3.05, 3.63) is 18.1 Å². The molecule has 2 aliphatic rings. The molecule has 3 rings (SSSR count).